The van der Waals surface area contributed by atoms with Gasteiger partial charge in [0.1, 0.15) is 5.82 Å². The van der Waals surface area contributed by atoms with Crippen molar-refractivity contribution in [1.29, 1.82) is 0 Å². The highest BCUT2D eigenvalue weighted by molar-refractivity contribution is 9.10. The van der Waals surface area contributed by atoms with Gasteiger partial charge in [0.05, 0.1) is 11.0 Å². The van der Waals surface area contributed by atoms with Gasteiger partial charge in [0.2, 0.25) is 0 Å². The fourth-order valence-corrected chi connectivity index (χ4v) is 5.12. The van der Waals surface area contributed by atoms with Gasteiger partial charge in [-0.25, -0.2) is 4.98 Å². The second-order valence-electron chi connectivity index (χ2n) is 5.46. The van der Waals surface area contributed by atoms with Crippen LogP contribution in [0.5, 0.6) is 0 Å². The first-order valence-corrected chi connectivity index (χ1v) is 9.96. The van der Waals surface area contributed by atoms with E-state index in [1.165, 1.54) is 30.5 Å². The van der Waals surface area contributed by atoms with E-state index in [0.29, 0.717) is 17.2 Å². The Balaban J connectivity index is 2.08. The van der Waals surface area contributed by atoms with Gasteiger partial charge in [-0.2, -0.15) is 11.8 Å². The van der Waals surface area contributed by atoms with Gasteiger partial charge in [-0.3, -0.25) is 0 Å². The number of alkyl halides is 1. The highest BCUT2D eigenvalue weighted by Gasteiger charge is 2.31. The van der Waals surface area contributed by atoms with Crippen LogP contribution in [0, 0.1) is 0 Å². The van der Waals surface area contributed by atoms with Crippen LogP contribution >= 0.6 is 39.3 Å². The van der Waals surface area contributed by atoms with Gasteiger partial charge in [-0.15, -0.1) is 11.6 Å². The molecule has 2 nitrogen and oxygen atoms in total. The van der Waals surface area contributed by atoms with E-state index in [2.05, 4.69) is 57.4 Å². The predicted octanol–water partition coefficient (Wildman–Crippen LogP) is 5.43. The van der Waals surface area contributed by atoms with Crippen LogP contribution in [0.25, 0.3) is 11.0 Å². The largest absolute Gasteiger partial charge is 0.324 e. The van der Waals surface area contributed by atoms with Gasteiger partial charge < -0.3 is 4.57 Å². The minimum atomic E-state index is 0.569. The number of benzene rings is 1. The highest BCUT2D eigenvalue weighted by atomic mass is 79.9. The third kappa shape index (κ3) is 3.13. The smallest absolute Gasteiger partial charge is 0.111 e. The number of rotatable bonds is 5. The molecule has 1 aliphatic rings. The summed E-state index contributed by atoms with van der Waals surface area (Å²) in [6.07, 6.45) is 4.74. The molecule has 0 saturated heterocycles. The van der Waals surface area contributed by atoms with E-state index in [1.54, 1.807) is 0 Å². The van der Waals surface area contributed by atoms with Crippen LogP contribution in [-0.2, 0) is 6.42 Å². The molecule has 3 rings (SSSR count). The maximum atomic E-state index is 6.00. The van der Waals surface area contributed by atoms with Crippen LogP contribution in [0.3, 0.4) is 0 Å². The average molecular weight is 388 g/mol. The molecule has 21 heavy (non-hydrogen) atoms. The summed E-state index contributed by atoms with van der Waals surface area (Å²) in [7, 11) is 0. The molecule has 2 unspecified atom stereocenters. The summed E-state index contributed by atoms with van der Waals surface area (Å²) in [6.45, 7) is 2.25. The summed E-state index contributed by atoms with van der Waals surface area (Å²) in [5.41, 5.74) is 2.34. The molecule has 0 amide bonds. The first kappa shape index (κ1) is 15.7. The third-order valence-corrected chi connectivity index (χ3v) is 6.17. The summed E-state index contributed by atoms with van der Waals surface area (Å²) < 4.78 is 3.56. The first-order valence-electron chi connectivity index (χ1n) is 7.58. The zero-order valence-corrected chi connectivity index (χ0v) is 15.3. The fourth-order valence-electron chi connectivity index (χ4n) is 3.36. The van der Waals surface area contributed by atoms with Crippen molar-refractivity contribution in [3.05, 3.63) is 28.5 Å². The summed E-state index contributed by atoms with van der Waals surface area (Å²) in [4.78, 5) is 4.84. The second kappa shape index (κ2) is 6.93. The Morgan fingerprint density at radius 2 is 2.29 bits per heavy atom. The number of aryl methyl sites for hydroxylation is 1. The molecule has 5 heteroatoms. The molecule has 2 atom stereocenters. The lowest BCUT2D eigenvalue weighted by molar-refractivity contribution is 0.522. The van der Waals surface area contributed by atoms with E-state index in [-0.39, 0.29) is 0 Å². The Bertz CT molecular complexity index is 628. The lowest BCUT2D eigenvalue weighted by Crippen LogP contribution is -2.19. The standard InChI is InChI=1S/C16H20BrClN2S/c1-2-21-15-5-3-4-14(15)20-13-7-6-11(17)10-12(13)19-16(20)8-9-18/h6-7,10,14-15H,2-5,8-9H2,1H3. The van der Waals surface area contributed by atoms with Crippen molar-refractivity contribution < 1.29 is 0 Å². The van der Waals surface area contributed by atoms with Gasteiger partial charge in [-0.1, -0.05) is 29.3 Å². The summed E-state index contributed by atoms with van der Waals surface area (Å²) >= 11 is 11.6. The van der Waals surface area contributed by atoms with Crippen LogP contribution < -0.4 is 0 Å². The van der Waals surface area contributed by atoms with Crippen LogP contribution in [0.15, 0.2) is 22.7 Å². The molecule has 0 bridgehead atoms. The lowest BCUT2D eigenvalue weighted by atomic mass is 10.2. The average Bonchev–Trinajstić information content (AvgIpc) is 3.03. The molecule has 1 aromatic heterocycles. The normalized spacial score (nSPS) is 22.2. The number of aromatic nitrogens is 2. The van der Waals surface area contributed by atoms with E-state index in [1.807, 2.05) is 0 Å². The number of halogens is 2. The molecule has 0 radical (unpaired) electrons. The number of hydrogen-bond acceptors (Lipinski definition) is 2. The Morgan fingerprint density at radius 3 is 3.05 bits per heavy atom. The van der Waals surface area contributed by atoms with E-state index >= 15 is 0 Å². The SMILES string of the molecule is CCSC1CCCC1n1c(CCCl)nc2cc(Br)ccc21. The van der Waals surface area contributed by atoms with Gasteiger partial charge in [0, 0.05) is 28.1 Å². The molecule has 0 N–H and O–H groups in total. The Hall–Kier alpha value is -0.190. The Labute approximate surface area is 143 Å². The molecule has 1 heterocycles. The highest BCUT2D eigenvalue weighted by Crippen LogP contribution is 2.41. The summed E-state index contributed by atoms with van der Waals surface area (Å²) in [5.74, 6) is 2.96. The number of nitrogens with zero attached hydrogens (tertiary/aromatic N) is 2. The number of hydrogen-bond donors (Lipinski definition) is 0. The first-order chi connectivity index (χ1) is 10.2. The molecular weight excluding hydrogens is 368 g/mol. The van der Waals surface area contributed by atoms with Crippen LogP contribution in [0.1, 0.15) is 38.1 Å². The molecule has 0 aliphatic heterocycles. The molecule has 114 valence electrons. The van der Waals surface area contributed by atoms with Gasteiger partial charge in [0.15, 0.2) is 0 Å². The van der Waals surface area contributed by atoms with Gasteiger partial charge >= 0.3 is 0 Å². The monoisotopic (exact) mass is 386 g/mol. The Kier molecular flexibility index (Phi) is 5.18. The van der Waals surface area contributed by atoms with Crippen LogP contribution in [0.4, 0.5) is 0 Å². The van der Waals surface area contributed by atoms with Crippen molar-refractivity contribution in [1.82, 2.24) is 9.55 Å². The zero-order chi connectivity index (χ0) is 14.8. The van der Waals surface area contributed by atoms with Crippen molar-refractivity contribution in [2.45, 2.75) is 43.9 Å². The van der Waals surface area contributed by atoms with E-state index < -0.39 is 0 Å². The van der Waals surface area contributed by atoms with Gasteiger partial charge in [0.25, 0.3) is 0 Å². The molecule has 2 aromatic rings. The second-order valence-corrected chi connectivity index (χ2v) is 8.27. The van der Waals surface area contributed by atoms with Gasteiger partial charge in [-0.05, 0) is 36.8 Å². The maximum Gasteiger partial charge on any atom is 0.111 e. The molecule has 1 aliphatic carbocycles. The van der Waals surface area contributed by atoms with E-state index in [9.17, 15) is 0 Å². The lowest BCUT2D eigenvalue weighted by Gasteiger charge is -2.23. The maximum absolute atomic E-state index is 6.00. The molecule has 1 aromatic carbocycles. The molecule has 1 saturated carbocycles. The minimum Gasteiger partial charge on any atom is -0.324 e. The van der Waals surface area contributed by atoms with Crippen molar-refractivity contribution in [2.24, 2.45) is 0 Å². The van der Waals surface area contributed by atoms with Crippen molar-refractivity contribution in [2.75, 3.05) is 11.6 Å². The van der Waals surface area contributed by atoms with Crippen LogP contribution in [-0.4, -0.2) is 26.4 Å². The van der Waals surface area contributed by atoms with E-state index in [0.717, 1.165) is 22.2 Å². The van der Waals surface area contributed by atoms with Crippen molar-refractivity contribution in [3.63, 3.8) is 0 Å². The minimum absolute atomic E-state index is 0.569. The predicted molar refractivity (Wildman–Crippen MR) is 96.7 cm³/mol. The number of imidazole rings is 1. The van der Waals surface area contributed by atoms with Crippen molar-refractivity contribution >= 4 is 50.3 Å². The zero-order valence-electron chi connectivity index (χ0n) is 12.2. The third-order valence-electron chi connectivity index (χ3n) is 4.17. The molecule has 1 fully saturated rings. The van der Waals surface area contributed by atoms with E-state index in [4.69, 9.17) is 16.6 Å². The number of thioether (sulfide) groups is 1. The Morgan fingerprint density at radius 1 is 1.43 bits per heavy atom. The summed E-state index contributed by atoms with van der Waals surface area (Å²) in [5, 5.41) is 0.713. The molecule has 0 spiro atoms. The van der Waals surface area contributed by atoms with Crippen LogP contribution in [0.2, 0.25) is 0 Å². The fraction of sp³-hybridized carbons (Fsp3) is 0.562. The number of fused-ring (bicyclic) bond motifs is 1. The summed E-state index contributed by atoms with van der Waals surface area (Å²) in [6, 6.07) is 6.98. The molecular formula is C16H20BrClN2S. The van der Waals surface area contributed by atoms with Crippen molar-refractivity contribution in [3.8, 4) is 0 Å². The topological polar surface area (TPSA) is 17.8 Å². The quantitative estimate of drug-likeness (QED) is 0.637.